The van der Waals surface area contributed by atoms with Gasteiger partial charge in [-0.25, -0.2) is 4.98 Å². The molecule has 30 heavy (non-hydrogen) atoms. The lowest BCUT2D eigenvalue weighted by Crippen LogP contribution is -2.28. The highest BCUT2D eigenvalue weighted by Crippen LogP contribution is 2.22. The van der Waals surface area contributed by atoms with Gasteiger partial charge in [0.15, 0.2) is 5.16 Å². The van der Waals surface area contributed by atoms with E-state index in [9.17, 15) is 9.59 Å². The zero-order chi connectivity index (χ0) is 21.1. The second-order valence-electron chi connectivity index (χ2n) is 7.06. The van der Waals surface area contributed by atoms with Crippen LogP contribution in [0.5, 0.6) is 0 Å². The molecule has 0 saturated carbocycles. The van der Waals surface area contributed by atoms with Crippen molar-refractivity contribution in [1.82, 2.24) is 14.5 Å². The van der Waals surface area contributed by atoms with E-state index in [1.807, 2.05) is 66.2 Å². The first-order valence-corrected chi connectivity index (χ1v) is 11.4. The van der Waals surface area contributed by atoms with Crippen molar-refractivity contribution in [2.45, 2.75) is 18.6 Å². The van der Waals surface area contributed by atoms with Crippen LogP contribution in [0, 0.1) is 6.92 Å². The fourth-order valence-electron chi connectivity index (χ4n) is 3.11. The molecule has 0 aliphatic heterocycles. The molecule has 1 amide bonds. The topological polar surface area (TPSA) is 55.2 Å². The van der Waals surface area contributed by atoms with E-state index in [-0.39, 0.29) is 17.2 Å². The predicted octanol–water partition coefficient (Wildman–Crippen LogP) is 4.51. The summed E-state index contributed by atoms with van der Waals surface area (Å²) in [4.78, 5) is 32.3. The number of rotatable bonds is 6. The Labute approximate surface area is 183 Å². The van der Waals surface area contributed by atoms with E-state index in [2.05, 4.69) is 0 Å². The van der Waals surface area contributed by atoms with Gasteiger partial charge in [-0.2, -0.15) is 11.3 Å². The molecule has 0 radical (unpaired) electrons. The van der Waals surface area contributed by atoms with Crippen LogP contribution in [0.1, 0.15) is 11.1 Å². The highest BCUT2D eigenvalue weighted by molar-refractivity contribution is 7.99. The second-order valence-corrected chi connectivity index (χ2v) is 8.78. The Hall–Kier alpha value is -2.90. The molecule has 0 aliphatic rings. The number of hydrogen-bond acceptors (Lipinski definition) is 5. The summed E-state index contributed by atoms with van der Waals surface area (Å²) in [6, 6.07) is 17.1. The first-order valence-electron chi connectivity index (χ1n) is 9.49. The Bertz CT molecular complexity index is 1230. The largest absolute Gasteiger partial charge is 0.341 e. The molecule has 0 unspecified atom stereocenters. The van der Waals surface area contributed by atoms with E-state index in [1.165, 1.54) is 11.8 Å². The third-order valence-electron chi connectivity index (χ3n) is 4.79. The van der Waals surface area contributed by atoms with E-state index < -0.39 is 0 Å². The maximum absolute atomic E-state index is 13.2. The van der Waals surface area contributed by atoms with Gasteiger partial charge in [0.05, 0.1) is 22.3 Å². The average Bonchev–Trinajstić information content (AvgIpc) is 3.26. The standard InChI is InChI=1S/C23H21N3O2S2/c1-16-7-9-18(10-8-16)26-22(28)19-5-3-4-6-20(19)24-23(26)30-15-21(27)25(2)13-17-11-12-29-14-17/h3-12,14H,13,15H2,1-2H3. The Morgan fingerprint density at radius 3 is 2.63 bits per heavy atom. The maximum atomic E-state index is 13.2. The van der Waals surface area contributed by atoms with Crippen LogP contribution < -0.4 is 5.56 Å². The van der Waals surface area contributed by atoms with Crippen molar-refractivity contribution in [3.63, 3.8) is 0 Å². The number of benzene rings is 2. The normalized spacial score (nSPS) is 11.0. The minimum atomic E-state index is -0.133. The fraction of sp³-hybridized carbons (Fsp3) is 0.174. The molecular formula is C23H21N3O2S2. The van der Waals surface area contributed by atoms with Crippen molar-refractivity contribution >= 4 is 39.9 Å². The molecule has 7 heteroatoms. The summed E-state index contributed by atoms with van der Waals surface area (Å²) in [7, 11) is 1.79. The molecule has 152 valence electrons. The number of aromatic nitrogens is 2. The van der Waals surface area contributed by atoms with Crippen LogP contribution in [-0.4, -0.2) is 33.2 Å². The van der Waals surface area contributed by atoms with Crippen LogP contribution in [-0.2, 0) is 11.3 Å². The average molecular weight is 436 g/mol. The number of amides is 1. The zero-order valence-electron chi connectivity index (χ0n) is 16.7. The van der Waals surface area contributed by atoms with Crippen molar-refractivity contribution in [3.8, 4) is 5.69 Å². The molecule has 2 aromatic carbocycles. The van der Waals surface area contributed by atoms with Gasteiger partial charge in [0.2, 0.25) is 5.91 Å². The number of carbonyl (C=O) groups is 1. The lowest BCUT2D eigenvalue weighted by molar-refractivity contribution is -0.127. The number of fused-ring (bicyclic) bond motifs is 1. The number of thioether (sulfide) groups is 1. The molecule has 2 aromatic heterocycles. The summed E-state index contributed by atoms with van der Waals surface area (Å²) in [5.74, 6) is 0.196. The van der Waals surface area contributed by atoms with Gasteiger partial charge in [0.25, 0.3) is 5.56 Å². The molecular weight excluding hydrogens is 414 g/mol. The Morgan fingerprint density at radius 1 is 1.13 bits per heavy atom. The Balaban J connectivity index is 1.65. The first-order chi connectivity index (χ1) is 14.5. The molecule has 0 fully saturated rings. The third-order valence-corrected chi connectivity index (χ3v) is 6.44. The number of nitrogens with zero attached hydrogens (tertiary/aromatic N) is 3. The highest BCUT2D eigenvalue weighted by atomic mass is 32.2. The van der Waals surface area contributed by atoms with E-state index in [4.69, 9.17) is 4.98 Å². The summed E-state index contributed by atoms with van der Waals surface area (Å²) < 4.78 is 1.60. The number of thiophene rings is 1. The molecule has 0 spiro atoms. The van der Waals surface area contributed by atoms with Gasteiger partial charge in [-0.1, -0.05) is 41.6 Å². The smallest absolute Gasteiger partial charge is 0.266 e. The quantitative estimate of drug-likeness (QED) is 0.330. The van der Waals surface area contributed by atoms with Crippen LogP contribution in [0.4, 0.5) is 0 Å². The van der Waals surface area contributed by atoms with E-state index in [1.54, 1.807) is 33.9 Å². The molecule has 2 heterocycles. The molecule has 4 rings (SSSR count). The van der Waals surface area contributed by atoms with E-state index in [0.29, 0.717) is 22.6 Å². The lowest BCUT2D eigenvalue weighted by Gasteiger charge is -2.17. The van der Waals surface area contributed by atoms with Gasteiger partial charge in [0, 0.05) is 13.6 Å². The highest BCUT2D eigenvalue weighted by Gasteiger charge is 2.16. The number of aryl methyl sites for hydroxylation is 1. The van der Waals surface area contributed by atoms with Crippen molar-refractivity contribution in [2.24, 2.45) is 0 Å². The van der Waals surface area contributed by atoms with Crippen molar-refractivity contribution < 1.29 is 4.79 Å². The lowest BCUT2D eigenvalue weighted by atomic mass is 10.2. The van der Waals surface area contributed by atoms with Gasteiger partial charge < -0.3 is 4.90 Å². The molecule has 0 bridgehead atoms. The van der Waals surface area contributed by atoms with E-state index in [0.717, 1.165) is 16.8 Å². The summed E-state index contributed by atoms with van der Waals surface area (Å²) >= 11 is 2.90. The molecule has 5 nitrogen and oxygen atoms in total. The summed E-state index contributed by atoms with van der Waals surface area (Å²) in [6.07, 6.45) is 0. The number of carbonyl (C=O) groups excluding carboxylic acids is 1. The number of hydrogen-bond donors (Lipinski definition) is 0. The van der Waals surface area contributed by atoms with Gasteiger partial charge in [-0.05, 0) is 53.6 Å². The SMILES string of the molecule is Cc1ccc(-n2c(SCC(=O)N(C)Cc3ccsc3)nc3ccccc3c2=O)cc1. The first kappa shape index (κ1) is 20.4. The van der Waals surface area contributed by atoms with Gasteiger partial charge in [0.1, 0.15) is 0 Å². The second kappa shape index (κ2) is 8.85. The minimum Gasteiger partial charge on any atom is -0.341 e. The van der Waals surface area contributed by atoms with Gasteiger partial charge in [-0.3, -0.25) is 14.2 Å². The minimum absolute atomic E-state index is 0.0101. The molecule has 0 atom stereocenters. The monoisotopic (exact) mass is 435 g/mol. The zero-order valence-corrected chi connectivity index (χ0v) is 18.4. The number of para-hydroxylation sites is 1. The fourth-order valence-corrected chi connectivity index (χ4v) is 4.72. The van der Waals surface area contributed by atoms with Crippen LogP contribution >= 0.6 is 23.1 Å². The predicted molar refractivity (Wildman–Crippen MR) is 124 cm³/mol. The molecule has 0 N–H and O–H groups in total. The third kappa shape index (κ3) is 4.32. The van der Waals surface area contributed by atoms with Crippen molar-refractivity contribution in [2.75, 3.05) is 12.8 Å². The molecule has 4 aromatic rings. The van der Waals surface area contributed by atoms with Gasteiger partial charge >= 0.3 is 0 Å². The molecule has 0 saturated heterocycles. The Kier molecular flexibility index (Phi) is 6.01. The van der Waals surface area contributed by atoms with Crippen LogP contribution in [0.15, 0.2) is 75.3 Å². The van der Waals surface area contributed by atoms with Gasteiger partial charge in [-0.15, -0.1) is 0 Å². The summed E-state index contributed by atoms with van der Waals surface area (Å²) in [5, 5.41) is 5.11. The van der Waals surface area contributed by atoms with Crippen molar-refractivity contribution in [1.29, 1.82) is 0 Å². The van der Waals surface area contributed by atoms with Crippen LogP contribution in [0.3, 0.4) is 0 Å². The Morgan fingerprint density at radius 2 is 1.90 bits per heavy atom. The maximum Gasteiger partial charge on any atom is 0.266 e. The van der Waals surface area contributed by atoms with Crippen LogP contribution in [0.2, 0.25) is 0 Å². The summed E-state index contributed by atoms with van der Waals surface area (Å²) in [5.41, 5.74) is 3.46. The van der Waals surface area contributed by atoms with E-state index >= 15 is 0 Å². The van der Waals surface area contributed by atoms with Crippen LogP contribution in [0.25, 0.3) is 16.6 Å². The summed E-state index contributed by atoms with van der Waals surface area (Å²) in [6.45, 7) is 2.57. The van der Waals surface area contributed by atoms with Crippen molar-refractivity contribution in [3.05, 3.63) is 86.8 Å². The molecule has 0 aliphatic carbocycles.